The van der Waals surface area contributed by atoms with Crippen molar-refractivity contribution >= 4 is 11.6 Å². The highest BCUT2D eigenvalue weighted by atomic mass is 16.5. The fourth-order valence-electron chi connectivity index (χ4n) is 2.88. The molecule has 1 aromatic heterocycles. The lowest BCUT2D eigenvalue weighted by molar-refractivity contribution is -0.124. The van der Waals surface area contributed by atoms with Crippen LogP contribution in [0.15, 0.2) is 48.8 Å². The van der Waals surface area contributed by atoms with E-state index < -0.39 is 5.41 Å². The van der Waals surface area contributed by atoms with Gasteiger partial charge in [-0.3, -0.25) is 9.78 Å². The van der Waals surface area contributed by atoms with E-state index in [1.807, 2.05) is 24.3 Å². The van der Waals surface area contributed by atoms with Crippen LogP contribution in [0.4, 0.5) is 5.69 Å². The molecule has 0 unspecified atom stereocenters. The third kappa shape index (κ3) is 2.37. The molecule has 4 heteroatoms. The first-order valence-corrected chi connectivity index (χ1v) is 7.11. The van der Waals surface area contributed by atoms with Gasteiger partial charge in [-0.15, -0.1) is 0 Å². The van der Waals surface area contributed by atoms with Gasteiger partial charge in [-0.25, -0.2) is 0 Å². The molecule has 0 radical (unpaired) electrons. The Labute approximate surface area is 124 Å². The van der Waals surface area contributed by atoms with Gasteiger partial charge >= 0.3 is 0 Å². The summed E-state index contributed by atoms with van der Waals surface area (Å²) in [5.41, 5.74) is 1.28. The zero-order chi connectivity index (χ0) is 14.7. The van der Waals surface area contributed by atoms with Gasteiger partial charge in [0.2, 0.25) is 5.91 Å². The maximum absolute atomic E-state index is 12.8. The van der Waals surface area contributed by atoms with Crippen molar-refractivity contribution in [2.45, 2.75) is 24.7 Å². The van der Waals surface area contributed by atoms with Crippen LogP contribution in [-0.4, -0.2) is 18.0 Å². The lowest BCUT2D eigenvalue weighted by Crippen LogP contribution is -2.46. The van der Waals surface area contributed by atoms with Crippen LogP contribution in [0.2, 0.25) is 0 Å². The average molecular weight is 282 g/mol. The van der Waals surface area contributed by atoms with E-state index in [4.69, 9.17) is 4.74 Å². The summed E-state index contributed by atoms with van der Waals surface area (Å²) in [7, 11) is 1.64. The van der Waals surface area contributed by atoms with E-state index in [1.165, 1.54) is 0 Å². The maximum Gasteiger partial charge on any atom is 0.235 e. The normalized spacial score (nSPS) is 15.9. The summed E-state index contributed by atoms with van der Waals surface area (Å²) in [5.74, 6) is 0.812. The van der Waals surface area contributed by atoms with E-state index in [9.17, 15) is 4.79 Å². The summed E-state index contributed by atoms with van der Waals surface area (Å²) < 4.78 is 5.44. The van der Waals surface area contributed by atoms with E-state index >= 15 is 0 Å². The molecule has 1 heterocycles. The molecule has 3 rings (SSSR count). The highest BCUT2D eigenvalue weighted by Crippen LogP contribution is 2.47. The van der Waals surface area contributed by atoms with Crippen molar-refractivity contribution in [3.05, 3.63) is 54.4 Å². The number of pyridine rings is 1. The van der Waals surface area contributed by atoms with Crippen LogP contribution in [0, 0.1) is 0 Å². The Morgan fingerprint density at radius 1 is 1.19 bits per heavy atom. The molecule has 4 nitrogen and oxygen atoms in total. The van der Waals surface area contributed by atoms with Crippen LogP contribution in [0.3, 0.4) is 0 Å². The first-order valence-electron chi connectivity index (χ1n) is 7.11. The highest BCUT2D eigenvalue weighted by molar-refractivity contribution is 6.00. The van der Waals surface area contributed by atoms with E-state index in [0.29, 0.717) is 0 Å². The lowest BCUT2D eigenvalue weighted by atomic mass is 9.63. The number of nitrogens with zero attached hydrogens (tertiary/aromatic N) is 1. The maximum atomic E-state index is 12.8. The van der Waals surface area contributed by atoms with Gasteiger partial charge in [0, 0.05) is 23.6 Å². The zero-order valence-electron chi connectivity index (χ0n) is 12.0. The number of aromatic nitrogens is 1. The monoisotopic (exact) mass is 282 g/mol. The topological polar surface area (TPSA) is 51.2 Å². The Morgan fingerprint density at radius 3 is 2.52 bits per heavy atom. The van der Waals surface area contributed by atoms with Gasteiger partial charge in [-0.2, -0.15) is 0 Å². The molecule has 1 aliphatic rings. The van der Waals surface area contributed by atoms with Gasteiger partial charge in [0.25, 0.3) is 0 Å². The molecule has 0 spiro atoms. The van der Waals surface area contributed by atoms with Gasteiger partial charge in [0.15, 0.2) is 0 Å². The molecule has 0 bridgehead atoms. The van der Waals surface area contributed by atoms with Gasteiger partial charge in [-0.05, 0) is 31.0 Å². The second-order valence-corrected chi connectivity index (χ2v) is 5.33. The molecule has 0 aliphatic heterocycles. The molecular weight excluding hydrogens is 264 g/mol. The van der Waals surface area contributed by atoms with E-state index in [0.717, 1.165) is 36.3 Å². The Morgan fingerprint density at radius 2 is 1.90 bits per heavy atom. The molecule has 1 saturated carbocycles. The standard InChI is InChI=1S/C17H18N2O2/c1-21-15-6-3-2-5-14(15)17(9-4-10-17)16(20)19-13-7-11-18-12-8-13/h2-3,5-8,11-12H,4,9-10H2,1H3,(H,18,19,20). The quantitative estimate of drug-likeness (QED) is 0.937. The van der Waals surface area contributed by atoms with Crippen molar-refractivity contribution in [3.63, 3.8) is 0 Å². The fraction of sp³-hybridized carbons (Fsp3) is 0.294. The van der Waals surface area contributed by atoms with Crippen molar-refractivity contribution in [2.24, 2.45) is 0 Å². The Bertz CT molecular complexity index is 636. The van der Waals surface area contributed by atoms with Crippen LogP contribution in [0.25, 0.3) is 0 Å². The summed E-state index contributed by atoms with van der Waals surface area (Å²) >= 11 is 0. The predicted molar refractivity (Wildman–Crippen MR) is 81.4 cm³/mol. The number of methoxy groups -OCH3 is 1. The summed E-state index contributed by atoms with van der Waals surface area (Å²) in [6.07, 6.45) is 6.11. The molecular formula is C17H18N2O2. The Kier molecular flexibility index (Phi) is 3.60. The number of hydrogen-bond donors (Lipinski definition) is 1. The number of ether oxygens (including phenoxy) is 1. The van der Waals surface area contributed by atoms with E-state index in [2.05, 4.69) is 10.3 Å². The van der Waals surface area contributed by atoms with Gasteiger partial charge in [0.05, 0.1) is 12.5 Å². The van der Waals surface area contributed by atoms with Gasteiger partial charge < -0.3 is 10.1 Å². The molecule has 21 heavy (non-hydrogen) atoms. The number of carbonyl (C=O) groups is 1. The third-order valence-electron chi connectivity index (χ3n) is 4.20. The average Bonchev–Trinajstić information content (AvgIpc) is 2.48. The third-order valence-corrected chi connectivity index (χ3v) is 4.20. The summed E-state index contributed by atoms with van der Waals surface area (Å²) in [6, 6.07) is 11.4. The molecule has 1 aromatic carbocycles. The van der Waals surface area contributed by atoms with Crippen LogP contribution in [0.5, 0.6) is 5.75 Å². The Hall–Kier alpha value is -2.36. The molecule has 0 saturated heterocycles. The molecule has 1 N–H and O–H groups in total. The number of amides is 1. The van der Waals surface area contributed by atoms with Gasteiger partial charge in [-0.1, -0.05) is 24.6 Å². The van der Waals surface area contributed by atoms with E-state index in [1.54, 1.807) is 31.6 Å². The molecule has 0 atom stereocenters. The van der Waals surface area contributed by atoms with Crippen molar-refractivity contribution < 1.29 is 9.53 Å². The van der Waals surface area contributed by atoms with Crippen LogP contribution in [-0.2, 0) is 10.2 Å². The van der Waals surface area contributed by atoms with Crippen LogP contribution < -0.4 is 10.1 Å². The first-order chi connectivity index (χ1) is 10.3. The van der Waals surface area contributed by atoms with Crippen molar-refractivity contribution in [2.75, 3.05) is 12.4 Å². The number of nitrogens with one attached hydrogen (secondary N) is 1. The Balaban J connectivity index is 1.91. The van der Waals surface area contributed by atoms with Gasteiger partial charge in [0.1, 0.15) is 5.75 Å². The van der Waals surface area contributed by atoms with E-state index in [-0.39, 0.29) is 5.91 Å². The second kappa shape index (κ2) is 5.56. The number of anilines is 1. The van der Waals surface area contributed by atoms with Crippen molar-refractivity contribution in [1.82, 2.24) is 4.98 Å². The number of para-hydroxylation sites is 1. The van der Waals surface area contributed by atoms with Crippen molar-refractivity contribution in [3.8, 4) is 5.75 Å². The fourth-order valence-corrected chi connectivity index (χ4v) is 2.88. The lowest BCUT2D eigenvalue weighted by Gasteiger charge is -2.41. The zero-order valence-corrected chi connectivity index (χ0v) is 12.0. The molecule has 108 valence electrons. The number of carbonyl (C=O) groups excluding carboxylic acids is 1. The minimum Gasteiger partial charge on any atom is -0.496 e. The van der Waals surface area contributed by atoms with Crippen LogP contribution in [0.1, 0.15) is 24.8 Å². The number of benzene rings is 1. The minimum atomic E-state index is -0.476. The molecule has 1 fully saturated rings. The van der Waals surface area contributed by atoms with Crippen LogP contribution >= 0.6 is 0 Å². The second-order valence-electron chi connectivity index (χ2n) is 5.33. The SMILES string of the molecule is COc1ccccc1C1(C(=O)Nc2ccncc2)CCC1. The number of hydrogen-bond acceptors (Lipinski definition) is 3. The van der Waals surface area contributed by atoms with Crippen molar-refractivity contribution in [1.29, 1.82) is 0 Å². The number of rotatable bonds is 4. The summed E-state index contributed by atoms with van der Waals surface area (Å²) in [4.78, 5) is 16.8. The molecule has 2 aromatic rings. The molecule has 1 amide bonds. The molecule has 1 aliphatic carbocycles. The largest absolute Gasteiger partial charge is 0.496 e. The minimum absolute atomic E-state index is 0.0319. The first kappa shape index (κ1) is 13.6. The highest BCUT2D eigenvalue weighted by Gasteiger charge is 2.47. The predicted octanol–water partition coefficient (Wildman–Crippen LogP) is 3.15. The smallest absolute Gasteiger partial charge is 0.235 e. The summed E-state index contributed by atoms with van der Waals surface area (Å²) in [5, 5.41) is 3.00. The summed E-state index contributed by atoms with van der Waals surface area (Å²) in [6.45, 7) is 0.